The molecule has 102 valence electrons. The summed E-state index contributed by atoms with van der Waals surface area (Å²) in [4.78, 5) is 4.09. The van der Waals surface area contributed by atoms with Gasteiger partial charge in [-0.05, 0) is 52.7 Å². The third kappa shape index (κ3) is 3.15. The van der Waals surface area contributed by atoms with Gasteiger partial charge >= 0.3 is 0 Å². The Morgan fingerprint density at radius 2 is 2.05 bits per heavy atom. The molecule has 0 aliphatic rings. The van der Waals surface area contributed by atoms with Crippen LogP contribution in [0.2, 0.25) is 0 Å². The normalized spacial score (nSPS) is 10.8. The molecule has 1 aromatic heterocycles. The number of nitriles is 1. The Hall–Kier alpha value is -1.91. The summed E-state index contributed by atoms with van der Waals surface area (Å²) in [5.41, 5.74) is 0.852. The maximum atomic E-state index is 12.3. The smallest absolute Gasteiger partial charge is 0.263 e. The predicted octanol–water partition coefficient (Wildman–Crippen LogP) is 2.83. The zero-order valence-electron chi connectivity index (χ0n) is 10.5. The summed E-state index contributed by atoms with van der Waals surface area (Å²) >= 11 is 3.17. The molecular weight excluding hydrogens is 342 g/mol. The number of anilines is 1. The molecule has 1 heterocycles. The number of rotatable bonds is 3. The Labute approximate surface area is 125 Å². The van der Waals surface area contributed by atoms with E-state index in [9.17, 15) is 8.42 Å². The third-order valence-electron chi connectivity index (χ3n) is 2.56. The van der Waals surface area contributed by atoms with Gasteiger partial charge in [0.2, 0.25) is 0 Å². The second kappa shape index (κ2) is 5.61. The first kappa shape index (κ1) is 14.5. The molecule has 0 radical (unpaired) electrons. The molecule has 0 bridgehead atoms. The van der Waals surface area contributed by atoms with Crippen molar-refractivity contribution < 1.29 is 8.42 Å². The van der Waals surface area contributed by atoms with E-state index in [0.717, 1.165) is 0 Å². The van der Waals surface area contributed by atoms with Crippen molar-refractivity contribution in [3.05, 3.63) is 52.1 Å². The summed E-state index contributed by atoms with van der Waals surface area (Å²) in [5.74, 6) is 0.209. The summed E-state index contributed by atoms with van der Waals surface area (Å²) in [6, 6.07) is 11.4. The summed E-state index contributed by atoms with van der Waals surface area (Å²) in [6.07, 6.45) is 0. The van der Waals surface area contributed by atoms with Crippen LogP contribution in [0.4, 0.5) is 5.82 Å². The highest BCUT2D eigenvalue weighted by molar-refractivity contribution is 9.10. The van der Waals surface area contributed by atoms with E-state index in [4.69, 9.17) is 5.26 Å². The van der Waals surface area contributed by atoms with Crippen molar-refractivity contribution in [3.63, 3.8) is 0 Å². The number of benzene rings is 1. The van der Waals surface area contributed by atoms with E-state index in [1.165, 1.54) is 6.07 Å². The molecule has 0 amide bonds. The fraction of sp³-hybridized carbons (Fsp3) is 0.0769. The van der Waals surface area contributed by atoms with Gasteiger partial charge in [0.1, 0.15) is 10.4 Å². The molecular formula is C13H10BrN3O2S. The van der Waals surface area contributed by atoms with Crippen LogP contribution in [0.5, 0.6) is 0 Å². The van der Waals surface area contributed by atoms with Crippen LogP contribution in [0.15, 0.2) is 45.9 Å². The van der Waals surface area contributed by atoms with Gasteiger partial charge in [-0.1, -0.05) is 12.1 Å². The second-order valence-electron chi connectivity index (χ2n) is 4.04. The first-order chi connectivity index (χ1) is 9.42. The van der Waals surface area contributed by atoms with Crippen LogP contribution < -0.4 is 4.72 Å². The van der Waals surface area contributed by atoms with E-state index in [1.807, 2.05) is 6.07 Å². The second-order valence-corrected chi connectivity index (χ2v) is 6.51. The number of nitrogens with one attached hydrogen (secondary N) is 1. The Kier molecular flexibility index (Phi) is 4.06. The van der Waals surface area contributed by atoms with Crippen LogP contribution in [-0.2, 0) is 10.0 Å². The minimum absolute atomic E-state index is 0.0679. The SMILES string of the molecule is Cc1ccc(C#N)cc1S(=O)(=O)Nc1cccc(Br)n1. The number of hydrogen-bond acceptors (Lipinski definition) is 4. The molecule has 1 N–H and O–H groups in total. The molecule has 5 nitrogen and oxygen atoms in total. The maximum Gasteiger partial charge on any atom is 0.263 e. The lowest BCUT2D eigenvalue weighted by molar-refractivity contribution is 0.600. The first-order valence-electron chi connectivity index (χ1n) is 5.58. The van der Waals surface area contributed by atoms with Gasteiger partial charge in [-0.15, -0.1) is 0 Å². The molecule has 0 saturated carbocycles. The van der Waals surface area contributed by atoms with E-state index in [-0.39, 0.29) is 16.3 Å². The molecule has 0 aliphatic heterocycles. The van der Waals surface area contributed by atoms with Gasteiger partial charge in [0.05, 0.1) is 16.5 Å². The number of halogens is 1. The molecule has 7 heteroatoms. The van der Waals surface area contributed by atoms with Crippen molar-refractivity contribution in [2.24, 2.45) is 0 Å². The fourth-order valence-electron chi connectivity index (χ4n) is 1.62. The largest absolute Gasteiger partial charge is 0.263 e. The fourth-order valence-corrected chi connectivity index (χ4v) is 3.23. The quantitative estimate of drug-likeness (QED) is 0.861. The monoisotopic (exact) mass is 351 g/mol. The minimum Gasteiger partial charge on any atom is -0.263 e. The lowest BCUT2D eigenvalue weighted by Crippen LogP contribution is -2.15. The topological polar surface area (TPSA) is 82.8 Å². The summed E-state index contributed by atoms with van der Waals surface area (Å²) < 4.78 is 27.6. The molecule has 2 aromatic rings. The van der Waals surface area contributed by atoms with E-state index in [1.54, 1.807) is 37.3 Å². The Bertz CT molecular complexity index is 798. The van der Waals surface area contributed by atoms with Crippen molar-refractivity contribution in [1.82, 2.24) is 4.98 Å². The third-order valence-corrected chi connectivity index (χ3v) is 4.50. The van der Waals surface area contributed by atoms with Gasteiger partial charge in [-0.25, -0.2) is 13.4 Å². The highest BCUT2D eigenvalue weighted by atomic mass is 79.9. The van der Waals surface area contributed by atoms with Crippen LogP contribution >= 0.6 is 15.9 Å². The Balaban J connectivity index is 2.43. The zero-order chi connectivity index (χ0) is 14.8. The number of nitrogens with zero attached hydrogens (tertiary/aromatic N) is 2. The van der Waals surface area contributed by atoms with Gasteiger partial charge in [0.25, 0.3) is 10.0 Å². The van der Waals surface area contributed by atoms with Gasteiger partial charge in [-0.2, -0.15) is 5.26 Å². The van der Waals surface area contributed by atoms with E-state index in [0.29, 0.717) is 10.2 Å². The molecule has 1 aromatic carbocycles. The van der Waals surface area contributed by atoms with E-state index >= 15 is 0 Å². The van der Waals surface area contributed by atoms with Crippen molar-refractivity contribution >= 4 is 31.8 Å². The van der Waals surface area contributed by atoms with Crippen molar-refractivity contribution in [1.29, 1.82) is 5.26 Å². The zero-order valence-corrected chi connectivity index (χ0v) is 12.9. The van der Waals surface area contributed by atoms with Crippen LogP contribution in [-0.4, -0.2) is 13.4 Å². The molecule has 20 heavy (non-hydrogen) atoms. The van der Waals surface area contributed by atoms with E-state index in [2.05, 4.69) is 25.6 Å². The van der Waals surface area contributed by atoms with Crippen molar-refractivity contribution in [2.45, 2.75) is 11.8 Å². The summed E-state index contributed by atoms with van der Waals surface area (Å²) in [6.45, 7) is 1.67. The highest BCUT2D eigenvalue weighted by Gasteiger charge is 2.18. The van der Waals surface area contributed by atoms with Crippen LogP contribution in [0, 0.1) is 18.3 Å². The van der Waals surface area contributed by atoms with Gasteiger partial charge < -0.3 is 0 Å². The van der Waals surface area contributed by atoms with E-state index < -0.39 is 10.0 Å². The molecule has 0 atom stereocenters. The minimum atomic E-state index is -3.78. The average molecular weight is 352 g/mol. The highest BCUT2D eigenvalue weighted by Crippen LogP contribution is 2.20. The van der Waals surface area contributed by atoms with Crippen LogP contribution in [0.1, 0.15) is 11.1 Å². The molecule has 0 saturated heterocycles. The van der Waals surface area contributed by atoms with Crippen molar-refractivity contribution in [2.75, 3.05) is 4.72 Å². The lowest BCUT2D eigenvalue weighted by Gasteiger charge is -2.10. The Morgan fingerprint density at radius 3 is 2.70 bits per heavy atom. The number of aromatic nitrogens is 1. The number of pyridine rings is 1. The molecule has 0 fully saturated rings. The Morgan fingerprint density at radius 1 is 1.30 bits per heavy atom. The van der Waals surface area contributed by atoms with Crippen molar-refractivity contribution in [3.8, 4) is 6.07 Å². The average Bonchev–Trinajstić information content (AvgIpc) is 2.38. The maximum absolute atomic E-state index is 12.3. The summed E-state index contributed by atoms with van der Waals surface area (Å²) in [7, 11) is -3.78. The predicted molar refractivity (Wildman–Crippen MR) is 78.6 cm³/mol. The van der Waals surface area contributed by atoms with Gasteiger partial charge in [-0.3, -0.25) is 4.72 Å². The molecule has 0 unspecified atom stereocenters. The number of sulfonamides is 1. The van der Waals surface area contributed by atoms with Crippen LogP contribution in [0.25, 0.3) is 0 Å². The molecule has 0 spiro atoms. The van der Waals surface area contributed by atoms with Gasteiger partial charge in [0, 0.05) is 0 Å². The first-order valence-corrected chi connectivity index (χ1v) is 7.86. The lowest BCUT2D eigenvalue weighted by atomic mass is 10.2. The summed E-state index contributed by atoms with van der Waals surface area (Å²) in [5, 5.41) is 8.86. The number of hydrogen-bond donors (Lipinski definition) is 1. The van der Waals surface area contributed by atoms with Crippen LogP contribution in [0.3, 0.4) is 0 Å². The molecule has 0 aliphatic carbocycles. The standard InChI is InChI=1S/C13H10BrN3O2S/c1-9-5-6-10(8-15)7-11(9)20(18,19)17-13-4-2-3-12(14)16-13/h2-7H,1H3,(H,16,17). The van der Waals surface area contributed by atoms with Gasteiger partial charge in [0.15, 0.2) is 0 Å². The molecule has 2 rings (SSSR count). The number of aryl methyl sites for hydroxylation is 1.